The monoisotopic (exact) mass is 405 g/mol. The van der Waals surface area contributed by atoms with Gasteiger partial charge in [0.15, 0.2) is 0 Å². The number of nitrogens with zero attached hydrogens (tertiary/aromatic N) is 2. The lowest BCUT2D eigenvalue weighted by atomic mass is 10.1. The largest absolute Gasteiger partial charge is 0.462 e. The SMILES string of the molecule is CCOC(=O)c1cc(C(=O)OCC)c(/C=C\Nc2nccc3ccccc23)nc1C. The summed E-state index contributed by atoms with van der Waals surface area (Å²) in [6.45, 7) is 5.57. The Balaban J connectivity index is 1.94. The minimum Gasteiger partial charge on any atom is -0.462 e. The Morgan fingerprint density at radius 1 is 1.03 bits per heavy atom. The van der Waals surface area contributed by atoms with E-state index >= 15 is 0 Å². The molecule has 7 nitrogen and oxygen atoms in total. The molecule has 0 radical (unpaired) electrons. The predicted octanol–water partition coefficient (Wildman–Crippen LogP) is 4.37. The summed E-state index contributed by atoms with van der Waals surface area (Å²) in [6.07, 6.45) is 5.03. The average Bonchev–Trinajstić information content (AvgIpc) is 2.74. The van der Waals surface area contributed by atoms with E-state index in [1.54, 1.807) is 39.2 Å². The number of benzene rings is 1. The Labute approximate surface area is 174 Å². The first-order valence-corrected chi connectivity index (χ1v) is 9.67. The number of aryl methyl sites for hydroxylation is 1. The summed E-state index contributed by atoms with van der Waals surface area (Å²) in [5.41, 5.74) is 1.27. The zero-order chi connectivity index (χ0) is 21.5. The van der Waals surface area contributed by atoms with Crippen LogP contribution in [-0.4, -0.2) is 35.1 Å². The molecule has 30 heavy (non-hydrogen) atoms. The van der Waals surface area contributed by atoms with Crippen LogP contribution < -0.4 is 5.32 Å². The van der Waals surface area contributed by atoms with Gasteiger partial charge in [-0.15, -0.1) is 0 Å². The number of hydrogen-bond donors (Lipinski definition) is 1. The van der Waals surface area contributed by atoms with Crippen molar-refractivity contribution in [2.75, 3.05) is 18.5 Å². The second kappa shape index (κ2) is 9.65. The first-order chi connectivity index (χ1) is 14.5. The van der Waals surface area contributed by atoms with Crippen LogP contribution in [0.25, 0.3) is 16.8 Å². The molecule has 2 aromatic heterocycles. The van der Waals surface area contributed by atoms with E-state index in [1.807, 2.05) is 30.3 Å². The maximum atomic E-state index is 12.4. The first kappa shape index (κ1) is 21.0. The molecule has 0 fully saturated rings. The summed E-state index contributed by atoms with van der Waals surface area (Å²) in [5, 5.41) is 5.16. The lowest BCUT2D eigenvalue weighted by Crippen LogP contribution is -2.14. The summed E-state index contributed by atoms with van der Waals surface area (Å²) in [5.74, 6) is -0.401. The van der Waals surface area contributed by atoms with Crippen molar-refractivity contribution in [1.29, 1.82) is 0 Å². The van der Waals surface area contributed by atoms with Crippen molar-refractivity contribution in [2.24, 2.45) is 0 Å². The fourth-order valence-corrected chi connectivity index (χ4v) is 2.97. The molecule has 3 aromatic rings. The molecule has 0 amide bonds. The number of anilines is 1. The van der Waals surface area contributed by atoms with Gasteiger partial charge in [-0.2, -0.15) is 0 Å². The van der Waals surface area contributed by atoms with E-state index in [1.165, 1.54) is 6.07 Å². The molecule has 0 atom stereocenters. The van der Waals surface area contributed by atoms with E-state index in [9.17, 15) is 9.59 Å². The molecule has 0 aliphatic heterocycles. The fraction of sp³-hybridized carbons (Fsp3) is 0.217. The molecule has 0 aliphatic carbocycles. The summed E-state index contributed by atoms with van der Waals surface area (Å²) < 4.78 is 10.2. The normalized spacial score (nSPS) is 10.9. The second-order valence-corrected chi connectivity index (χ2v) is 6.35. The van der Waals surface area contributed by atoms with Crippen LogP contribution in [-0.2, 0) is 9.47 Å². The van der Waals surface area contributed by atoms with Gasteiger partial charge in [-0.3, -0.25) is 4.98 Å². The third-order valence-corrected chi connectivity index (χ3v) is 4.37. The molecular formula is C23H23N3O4. The topological polar surface area (TPSA) is 90.4 Å². The lowest BCUT2D eigenvalue weighted by molar-refractivity contribution is 0.0523. The van der Waals surface area contributed by atoms with Crippen LogP contribution in [0.3, 0.4) is 0 Å². The van der Waals surface area contributed by atoms with Gasteiger partial charge in [0.2, 0.25) is 0 Å². The van der Waals surface area contributed by atoms with Gasteiger partial charge in [0.1, 0.15) is 5.82 Å². The Bertz CT molecular complexity index is 1100. The van der Waals surface area contributed by atoms with Crippen LogP contribution in [0.1, 0.15) is 46.0 Å². The smallest absolute Gasteiger partial charge is 0.340 e. The molecule has 0 aliphatic rings. The number of carbonyl (C=O) groups excluding carboxylic acids is 2. The van der Waals surface area contributed by atoms with Crippen LogP contribution in [0.15, 0.2) is 48.8 Å². The Kier molecular flexibility index (Phi) is 6.75. The highest BCUT2D eigenvalue weighted by molar-refractivity contribution is 5.98. The quantitative estimate of drug-likeness (QED) is 0.584. The first-order valence-electron chi connectivity index (χ1n) is 9.67. The van der Waals surface area contributed by atoms with Gasteiger partial charge < -0.3 is 14.8 Å². The zero-order valence-corrected chi connectivity index (χ0v) is 17.1. The van der Waals surface area contributed by atoms with E-state index in [0.29, 0.717) is 17.2 Å². The predicted molar refractivity (Wildman–Crippen MR) is 115 cm³/mol. The Hall–Kier alpha value is -3.74. The molecule has 0 unspecified atom stereocenters. The van der Waals surface area contributed by atoms with Gasteiger partial charge >= 0.3 is 11.9 Å². The summed E-state index contributed by atoms with van der Waals surface area (Å²) in [6, 6.07) is 11.3. The number of fused-ring (bicyclic) bond motifs is 1. The maximum absolute atomic E-state index is 12.4. The van der Waals surface area contributed by atoms with Crippen LogP contribution in [0.5, 0.6) is 0 Å². The number of esters is 2. The van der Waals surface area contributed by atoms with Crippen molar-refractivity contribution in [1.82, 2.24) is 9.97 Å². The van der Waals surface area contributed by atoms with Crippen LogP contribution in [0, 0.1) is 6.92 Å². The molecule has 1 N–H and O–H groups in total. The molecule has 0 spiro atoms. The Morgan fingerprint density at radius 2 is 1.73 bits per heavy atom. The molecular weight excluding hydrogens is 382 g/mol. The van der Waals surface area contributed by atoms with Crippen molar-refractivity contribution >= 4 is 34.6 Å². The third-order valence-electron chi connectivity index (χ3n) is 4.37. The summed E-state index contributed by atoms with van der Waals surface area (Å²) >= 11 is 0. The van der Waals surface area contributed by atoms with E-state index in [-0.39, 0.29) is 24.3 Å². The van der Waals surface area contributed by atoms with Gasteiger partial charge in [0.05, 0.1) is 35.7 Å². The molecule has 0 saturated heterocycles. The molecule has 0 saturated carbocycles. The van der Waals surface area contributed by atoms with Gasteiger partial charge in [-0.25, -0.2) is 14.6 Å². The number of aromatic nitrogens is 2. The molecule has 154 valence electrons. The summed E-state index contributed by atoms with van der Waals surface area (Å²) in [4.78, 5) is 33.4. The molecule has 0 bridgehead atoms. The van der Waals surface area contributed by atoms with Gasteiger partial charge in [0, 0.05) is 17.8 Å². The van der Waals surface area contributed by atoms with E-state index in [4.69, 9.17) is 9.47 Å². The molecule has 7 heteroatoms. The molecule has 1 aromatic carbocycles. The van der Waals surface area contributed by atoms with Gasteiger partial charge in [-0.05, 0) is 44.4 Å². The maximum Gasteiger partial charge on any atom is 0.340 e. The fourth-order valence-electron chi connectivity index (χ4n) is 2.97. The van der Waals surface area contributed by atoms with Crippen LogP contribution >= 0.6 is 0 Å². The number of ether oxygens (including phenoxy) is 2. The van der Waals surface area contributed by atoms with Crippen molar-refractivity contribution in [3.8, 4) is 0 Å². The van der Waals surface area contributed by atoms with Crippen LogP contribution in [0.2, 0.25) is 0 Å². The van der Waals surface area contributed by atoms with Gasteiger partial charge in [0.25, 0.3) is 0 Å². The minimum atomic E-state index is -0.557. The number of pyridine rings is 2. The third kappa shape index (κ3) is 4.63. The number of hydrogen-bond acceptors (Lipinski definition) is 7. The van der Waals surface area contributed by atoms with E-state index in [0.717, 1.165) is 10.8 Å². The van der Waals surface area contributed by atoms with Crippen molar-refractivity contribution in [3.05, 3.63) is 71.3 Å². The summed E-state index contributed by atoms with van der Waals surface area (Å²) in [7, 11) is 0. The Morgan fingerprint density at radius 3 is 2.47 bits per heavy atom. The number of rotatable bonds is 7. The van der Waals surface area contributed by atoms with Gasteiger partial charge in [-0.1, -0.05) is 24.3 Å². The highest BCUT2D eigenvalue weighted by atomic mass is 16.5. The standard InChI is InChI=1S/C23H23N3O4/c1-4-29-22(27)18-14-19(23(28)30-5-2)20(26-15(18)3)11-13-25-21-17-9-7-6-8-16(17)10-12-24-21/h6-14H,4-5H2,1-3H3,(H,24,25)/b13-11-. The van der Waals surface area contributed by atoms with Crippen molar-refractivity contribution in [3.63, 3.8) is 0 Å². The zero-order valence-electron chi connectivity index (χ0n) is 17.1. The minimum absolute atomic E-state index is 0.189. The highest BCUT2D eigenvalue weighted by Gasteiger charge is 2.19. The highest BCUT2D eigenvalue weighted by Crippen LogP contribution is 2.21. The number of carbonyl (C=O) groups is 2. The molecule has 3 rings (SSSR count). The average molecular weight is 405 g/mol. The van der Waals surface area contributed by atoms with E-state index < -0.39 is 11.9 Å². The van der Waals surface area contributed by atoms with Crippen molar-refractivity contribution < 1.29 is 19.1 Å². The second-order valence-electron chi connectivity index (χ2n) is 6.35. The number of nitrogens with one attached hydrogen (secondary N) is 1. The lowest BCUT2D eigenvalue weighted by Gasteiger charge is -2.11. The molecule has 2 heterocycles. The van der Waals surface area contributed by atoms with Crippen LogP contribution in [0.4, 0.5) is 5.82 Å². The van der Waals surface area contributed by atoms with Crippen molar-refractivity contribution in [2.45, 2.75) is 20.8 Å². The van der Waals surface area contributed by atoms with E-state index in [2.05, 4.69) is 15.3 Å².